The van der Waals surface area contributed by atoms with Crippen LogP contribution in [0.3, 0.4) is 0 Å². The monoisotopic (exact) mass is 292 g/mol. The van der Waals surface area contributed by atoms with Gasteiger partial charge in [0.2, 0.25) is 0 Å². The van der Waals surface area contributed by atoms with Gasteiger partial charge in [0.05, 0.1) is 5.02 Å². The second-order valence-electron chi connectivity index (χ2n) is 5.73. The number of H-pyrrole nitrogens is 1. The Kier molecular flexibility index (Phi) is 4.29. The van der Waals surface area contributed by atoms with E-state index in [9.17, 15) is 5.11 Å². The van der Waals surface area contributed by atoms with E-state index in [1.807, 2.05) is 24.3 Å². The molecule has 20 heavy (non-hydrogen) atoms. The van der Waals surface area contributed by atoms with Crippen LogP contribution in [-0.2, 0) is 6.54 Å². The van der Waals surface area contributed by atoms with Crippen LogP contribution in [0.2, 0.25) is 5.02 Å². The highest BCUT2D eigenvalue weighted by atomic mass is 35.5. The van der Waals surface area contributed by atoms with Crippen LogP contribution in [0.15, 0.2) is 24.3 Å². The number of aromatic nitrogens is 1. The van der Waals surface area contributed by atoms with Crippen LogP contribution in [0.25, 0.3) is 10.9 Å². The van der Waals surface area contributed by atoms with Gasteiger partial charge in [-0.15, -0.1) is 0 Å². The number of halogens is 1. The summed E-state index contributed by atoms with van der Waals surface area (Å²) in [4.78, 5) is 3.37. The molecule has 1 aromatic carbocycles. The molecule has 0 bridgehead atoms. The number of hydrogen-bond donors (Lipinski definition) is 3. The molecule has 0 radical (unpaired) electrons. The highest BCUT2D eigenvalue weighted by Crippen LogP contribution is 2.31. The molecule has 3 nitrogen and oxygen atoms in total. The van der Waals surface area contributed by atoms with E-state index in [-0.39, 0.29) is 0 Å². The Morgan fingerprint density at radius 1 is 1.25 bits per heavy atom. The topological polar surface area (TPSA) is 48.0 Å². The molecule has 1 saturated carbocycles. The van der Waals surface area contributed by atoms with Crippen LogP contribution in [0, 0.1) is 11.8 Å². The maximum atomic E-state index is 9.34. The van der Waals surface area contributed by atoms with Crippen molar-refractivity contribution in [2.75, 3.05) is 13.2 Å². The summed E-state index contributed by atoms with van der Waals surface area (Å²) in [7, 11) is 0. The molecular weight excluding hydrogens is 272 g/mol. The summed E-state index contributed by atoms with van der Waals surface area (Å²) in [6.45, 7) is 2.03. The number of rotatable bonds is 5. The molecule has 4 heteroatoms. The zero-order valence-electron chi connectivity index (χ0n) is 11.5. The molecule has 3 rings (SSSR count). The van der Waals surface area contributed by atoms with Crippen molar-refractivity contribution >= 4 is 22.5 Å². The molecule has 2 unspecified atom stereocenters. The Hall–Kier alpha value is -1.03. The van der Waals surface area contributed by atoms with E-state index in [1.165, 1.54) is 12.8 Å². The Bertz CT molecular complexity index is 581. The third-order valence-corrected chi connectivity index (χ3v) is 4.91. The van der Waals surface area contributed by atoms with Gasteiger partial charge in [-0.25, -0.2) is 0 Å². The lowest BCUT2D eigenvalue weighted by Crippen LogP contribution is -2.26. The van der Waals surface area contributed by atoms with Crippen molar-refractivity contribution in [3.63, 3.8) is 0 Å². The molecule has 0 amide bonds. The highest BCUT2D eigenvalue weighted by molar-refractivity contribution is 6.36. The average molecular weight is 293 g/mol. The van der Waals surface area contributed by atoms with E-state index in [0.717, 1.165) is 41.1 Å². The Morgan fingerprint density at radius 3 is 2.85 bits per heavy atom. The molecule has 1 fully saturated rings. The molecule has 3 N–H and O–H groups in total. The van der Waals surface area contributed by atoms with Gasteiger partial charge in [-0.1, -0.05) is 36.2 Å². The van der Waals surface area contributed by atoms with E-state index < -0.39 is 0 Å². The Balaban J connectivity index is 1.61. The van der Waals surface area contributed by atoms with Crippen LogP contribution >= 0.6 is 11.6 Å². The van der Waals surface area contributed by atoms with Crippen molar-refractivity contribution < 1.29 is 5.11 Å². The van der Waals surface area contributed by atoms with Crippen molar-refractivity contribution in [1.82, 2.24) is 10.3 Å². The first-order chi connectivity index (χ1) is 9.79. The number of aromatic amines is 1. The van der Waals surface area contributed by atoms with Crippen molar-refractivity contribution in [2.45, 2.75) is 25.8 Å². The molecule has 1 heterocycles. The van der Waals surface area contributed by atoms with Crippen LogP contribution in [0.4, 0.5) is 0 Å². The fraction of sp³-hybridized carbons (Fsp3) is 0.500. The number of para-hydroxylation sites is 1. The van der Waals surface area contributed by atoms with Crippen LogP contribution in [0.5, 0.6) is 0 Å². The predicted octanol–water partition coefficient (Wildman–Crippen LogP) is 3.32. The number of nitrogens with one attached hydrogen (secondary N) is 2. The smallest absolute Gasteiger partial charge is 0.0705 e. The normalized spacial score (nSPS) is 22.7. The summed E-state index contributed by atoms with van der Waals surface area (Å²) in [5, 5.41) is 14.7. The van der Waals surface area contributed by atoms with Crippen LogP contribution in [0.1, 0.15) is 25.0 Å². The molecule has 108 valence electrons. The van der Waals surface area contributed by atoms with Gasteiger partial charge in [0.25, 0.3) is 0 Å². The molecule has 2 atom stereocenters. The third-order valence-electron chi connectivity index (χ3n) is 4.47. The first-order valence-electron chi connectivity index (χ1n) is 7.36. The van der Waals surface area contributed by atoms with Gasteiger partial charge in [-0.05, 0) is 37.3 Å². The minimum Gasteiger partial charge on any atom is -0.396 e. The molecule has 1 aromatic heterocycles. The van der Waals surface area contributed by atoms with Crippen molar-refractivity contribution in [2.24, 2.45) is 11.8 Å². The second kappa shape index (κ2) is 6.17. The van der Waals surface area contributed by atoms with Crippen LogP contribution < -0.4 is 5.32 Å². The van der Waals surface area contributed by atoms with Gasteiger partial charge in [-0.3, -0.25) is 0 Å². The molecule has 2 aromatic rings. The highest BCUT2D eigenvalue weighted by Gasteiger charge is 2.26. The Labute approximate surface area is 124 Å². The number of hydrogen-bond acceptors (Lipinski definition) is 2. The third kappa shape index (κ3) is 2.71. The molecule has 0 spiro atoms. The van der Waals surface area contributed by atoms with Gasteiger partial charge >= 0.3 is 0 Å². The first kappa shape index (κ1) is 13.9. The lowest BCUT2D eigenvalue weighted by Gasteiger charge is -2.17. The van der Waals surface area contributed by atoms with Gasteiger partial charge in [0.1, 0.15) is 0 Å². The van der Waals surface area contributed by atoms with Gasteiger partial charge < -0.3 is 15.4 Å². The summed E-state index contributed by atoms with van der Waals surface area (Å²) in [5.41, 5.74) is 2.13. The van der Waals surface area contributed by atoms with Crippen molar-refractivity contribution in [1.29, 1.82) is 0 Å². The van der Waals surface area contributed by atoms with Crippen molar-refractivity contribution in [3.8, 4) is 0 Å². The van der Waals surface area contributed by atoms with Gasteiger partial charge in [-0.2, -0.15) is 0 Å². The summed E-state index contributed by atoms with van der Waals surface area (Å²) in [5.74, 6) is 1.07. The minimum atomic E-state index is 0.319. The number of benzene rings is 1. The summed E-state index contributed by atoms with van der Waals surface area (Å²) in [6, 6.07) is 8.10. The molecule has 1 aliphatic carbocycles. The summed E-state index contributed by atoms with van der Waals surface area (Å²) in [6.07, 6.45) is 3.62. The lowest BCUT2D eigenvalue weighted by atomic mass is 9.97. The number of fused-ring (bicyclic) bond motifs is 1. The van der Waals surface area contributed by atoms with E-state index >= 15 is 0 Å². The maximum absolute atomic E-state index is 9.34. The second-order valence-corrected chi connectivity index (χ2v) is 6.11. The van der Waals surface area contributed by atoms with E-state index in [0.29, 0.717) is 18.4 Å². The summed E-state index contributed by atoms with van der Waals surface area (Å²) >= 11 is 6.40. The fourth-order valence-electron chi connectivity index (χ4n) is 3.29. The predicted molar refractivity (Wildman–Crippen MR) is 82.9 cm³/mol. The van der Waals surface area contributed by atoms with Crippen molar-refractivity contribution in [3.05, 3.63) is 35.0 Å². The van der Waals surface area contributed by atoms with E-state index in [1.54, 1.807) is 0 Å². The van der Waals surface area contributed by atoms with E-state index in [2.05, 4.69) is 10.3 Å². The molecule has 1 aliphatic rings. The van der Waals surface area contributed by atoms with Crippen LogP contribution in [-0.4, -0.2) is 23.2 Å². The van der Waals surface area contributed by atoms with Gasteiger partial charge in [0, 0.05) is 29.7 Å². The molecule has 0 saturated heterocycles. The first-order valence-corrected chi connectivity index (χ1v) is 7.74. The average Bonchev–Trinajstić information content (AvgIpc) is 3.05. The largest absolute Gasteiger partial charge is 0.396 e. The zero-order chi connectivity index (χ0) is 13.9. The summed E-state index contributed by atoms with van der Waals surface area (Å²) < 4.78 is 0. The minimum absolute atomic E-state index is 0.319. The Morgan fingerprint density at radius 2 is 2.05 bits per heavy atom. The van der Waals surface area contributed by atoms with Gasteiger partial charge in [0.15, 0.2) is 0 Å². The molecular formula is C16H21ClN2O. The quantitative estimate of drug-likeness (QED) is 0.792. The fourth-order valence-corrected chi connectivity index (χ4v) is 3.57. The zero-order valence-corrected chi connectivity index (χ0v) is 12.3. The maximum Gasteiger partial charge on any atom is 0.0705 e. The lowest BCUT2D eigenvalue weighted by molar-refractivity contribution is 0.192. The molecule has 0 aliphatic heterocycles. The number of aliphatic hydroxyl groups excluding tert-OH is 1. The standard InChI is InChI=1S/C16H21ClN2O/c17-16-13-6-1-2-7-14(13)19-15(16)9-18-8-11-4-3-5-12(11)10-20/h1-2,6-7,11-12,18-20H,3-5,8-10H2. The van der Waals surface area contributed by atoms with E-state index in [4.69, 9.17) is 11.6 Å². The SMILES string of the molecule is OCC1CCCC1CNCc1[nH]c2ccccc2c1Cl. The number of aliphatic hydroxyl groups is 1.